The first-order chi connectivity index (χ1) is 15.8. The van der Waals surface area contributed by atoms with Gasteiger partial charge in [0, 0.05) is 5.57 Å². The van der Waals surface area contributed by atoms with Crippen molar-refractivity contribution in [3.8, 4) is 0 Å². The molecule has 0 aliphatic heterocycles. The fraction of sp³-hybridized carbons (Fsp3) is 0.550. The third-order valence-corrected chi connectivity index (χ3v) is 5.70. The monoisotopic (exact) mass is 499 g/mol. The zero-order valence-corrected chi connectivity index (χ0v) is 20.7. The van der Waals surface area contributed by atoms with Crippen molar-refractivity contribution in [3.63, 3.8) is 0 Å². The lowest BCUT2D eigenvalue weighted by Crippen LogP contribution is -2.24. The van der Waals surface area contributed by atoms with E-state index in [1.165, 1.54) is 19.6 Å². The van der Waals surface area contributed by atoms with Crippen LogP contribution >= 0.6 is 7.60 Å². The van der Waals surface area contributed by atoms with Crippen molar-refractivity contribution < 1.29 is 37.4 Å². The minimum absolute atomic E-state index is 0.139. The van der Waals surface area contributed by atoms with Gasteiger partial charge in [-0.25, -0.2) is 19.7 Å². The molecule has 0 saturated carbocycles. The van der Waals surface area contributed by atoms with Gasteiger partial charge in [-0.05, 0) is 34.6 Å². The smallest absolute Gasteiger partial charge is 0.361 e. The number of anilines is 1. The average Bonchev–Trinajstić information content (AvgIpc) is 3.15. The first-order valence-electron chi connectivity index (χ1n) is 10.2. The second kappa shape index (κ2) is 11.5. The zero-order valence-electron chi connectivity index (χ0n) is 19.8. The molecule has 0 amide bonds. The van der Waals surface area contributed by atoms with Crippen LogP contribution in [0, 0.1) is 5.41 Å². The minimum atomic E-state index is -3.99. The standard InChI is InChI=1S/C20H30N5O8P/c1-13(2)18(26)29-10-32-34(28,33-11-30-19(27)20(4,5)6)12-31-14(3)7-25-9-24-15-16(21)22-8-23-17(15)25/h8-9,14H,1,7,10-12H2,2-6H3,(H2,21,22,23). The first-order valence-corrected chi connectivity index (χ1v) is 12.0. The van der Waals surface area contributed by atoms with E-state index in [1.807, 2.05) is 0 Å². The summed E-state index contributed by atoms with van der Waals surface area (Å²) in [5.41, 5.74) is 6.11. The molecule has 0 aliphatic carbocycles. The summed E-state index contributed by atoms with van der Waals surface area (Å²) in [5.74, 6) is -1.04. The molecular weight excluding hydrogens is 469 g/mol. The first kappa shape index (κ1) is 27.4. The zero-order chi connectivity index (χ0) is 25.5. The number of ether oxygens (including phenoxy) is 3. The van der Waals surface area contributed by atoms with Crippen LogP contribution in [0.5, 0.6) is 0 Å². The van der Waals surface area contributed by atoms with Crippen LogP contribution in [-0.2, 0) is 44.0 Å². The molecule has 13 nitrogen and oxygen atoms in total. The topological polar surface area (TPSA) is 167 Å². The maximum atomic E-state index is 13.1. The molecule has 0 aromatic carbocycles. The molecule has 14 heteroatoms. The Morgan fingerprint density at radius 1 is 1.18 bits per heavy atom. The Hall–Kier alpha value is -2.86. The third-order valence-electron chi connectivity index (χ3n) is 4.24. The Labute approximate surface area is 197 Å². The summed E-state index contributed by atoms with van der Waals surface area (Å²) < 4.78 is 40.7. The van der Waals surface area contributed by atoms with Crippen LogP contribution in [0.15, 0.2) is 24.8 Å². The molecule has 2 aromatic heterocycles. The lowest BCUT2D eigenvalue weighted by atomic mass is 9.98. The second-order valence-corrected chi connectivity index (χ2v) is 10.4. The highest BCUT2D eigenvalue weighted by Crippen LogP contribution is 2.48. The van der Waals surface area contributed by atoms with E-state index >= 15 is 0 Å². The molecule has 2 atom stereocenters. The quantitative estimate of drug-likeness (QED) is 0.196. The van der Waals surface area contributed by atoms with Crippen LogP contribution in [-0.4, -0.2) is 57.5 Å². The van der Waals surface area contributed by atoms with E-state index in [4.69, 9.17) is 29.0 Å². The summed E-state index contributed by atoms with van der Waals surface area (Å²) in [7, 11) is -3.99. The van der Waals surface area contributed by atoms with Gasteiger partial charge >= 0.3 is 19.5 Å². The highest BCUT2D eigenvalue weighted by atomic mass is 31.2. The number of carbonyl (C=O) groups is 2. The van der Waals surface area contributed by atoms with Crippen molar-refractivity contribution in [1.29, 1.82) is 0 Å². The number of fused-ring (bicyclic) bond motifs is 1. The van der Waals surface area contributed by atoms with Crippen molar-refractivity contribution >= 4 is 36.5 Å². The van der Waals surface area contributed by atoms with Gasteiger partial charge in [-0.1, -0.05) is 6.58 Å². The average molecular weight is 499 g/mol. The normalized spacial score (nSPS) is 14.4. The van der Waals surface area contributed by atoms with Gasteiger partial charge in [-0.2, -0.15) is 0 Å². The van der Waals surface area contributed by atoms with Crippen LogP contribution in [0.2, 0.25) is 0 Å². The van der Waals surface area contributed by atoms with Gasteiger partial charge in [0.1, 0.15) is 18.2 Å². The fourth-order valence-corrected chi connectivity index (χ4v) is 3.44. The van der Waals surface area contributed by atoms with Crippen LogP contribution in [0.4, 0.5) is 5.82 Å². The van der Waals surface area contributed by atoms with Gasteiger partial charge in [0.05, 0.1) is 24.4 Å². The second-order valence-electron chi connectivity index (χ2n) is 8.43. The summed E-state index contributed by atoms with van der Waals surface area (Å²) in [6.45, 7) is 10.6. The molecule has 2 heterocycles. The van der Waals surface area contributed by atoms with E-state index in [0.29, 0.717) is 11.2 Å². The summed E-state index contributed by atoms with van der Waals surface area (Å²) in [6.07, 6.45) is 1.85. The van der Waals surface area contributed by atoms with E-state index in [1.54, 1.807) is 32.3 Å². The molecule has 0 bridgehead atoms. The number of hydrogen-bond acceptors (Lipinski definition) is 12. The van der Waals surface area contributed by atoms with Crippen molar-refractivity contribution in [3.05, 3.63) is 24.8 Å². The highest BCUT2D eigenvalue weighted by Gasteiger charge is 2.30. The van der Waals surface area contributed by atoms with Gasteiger partial charge in [0.2, 0.25) is 13.6 Å². The van der Waals surface area contributed by atoms with E-state index in [2.05, 4.69) is 21.5 Å². The van der Waals surface area contributed by atoms with Gasteiger partial charge in [-0.3, -0.25) is 18.4 Å². The summed E-state index contributed by atoms with van der Waals surface area (Å²) in [4.78, 5) is 35.7. The highest BCUT2D eigenvalue weighted by molar-refractivity contribution is 7.53. The Balaban J connectivity index is 2.00. The molecule has 0 spiro atoms. The number of rotatable bonds is 12. The van der Waals surface area contributed by atoms with E-state index in [0.717, 1.165) is 0 Å². The Morgan fingerprint density at radius 3 is 2.44 bits per heavy atom. The summed E-state index contributed by atoms with van der Waals surface area (Å²) >= 11 is 0. The number of esters is 2. The molecule has 0 radical (unpaired) electrons. The van der Waals surface area contributed by atoms with Crippen LogP contribution < -0.4 is 5.73 Å². The third kappa shape index (κ3) is 7.87. The predicted octanol–water partition coefficient (Wildman–Crippen LogP) is 2.62. The SMILES string of the molecule is C=C(C)C(=O)OCOP(=O)(COC(C)Cn1cnc2c(N)ncnc21)OCOC(=O)C(C)(C)C. The molecule has 2 aromatic rings. The molecule has 2 unspecified atom stereocenters. The molecule has 0 aliphatic rings. The number of carbonyl (C=O) groups excluding carboxylic acids is 2. The lowest BCUT2D eigenvalue weighted by molar-refractivity contribution is -0.160. The maximum Gasteiger partial charge on any atom is 0.361 e. The van der Waals surface area contributed by atoms with Gasteiger partial charge in [-0.15, -0.1) is 0 Å². The van der Waals surface area contributed by atoms with Gasteiger partial charge in [0.15, 0.2) is 11.5 Å². The molecular formula is C20H30N5O8P. The molecule has 188 valence electrons. The maximum absolute atomic E-state index is 13.1. The van der Waals surface area contributed by atoms with E-state index in [9.17, 15) is 14.2 Å². The van der Waals surface area contributed by atoms with Crippen molar-refractivity contribution in [2.45, 2.75) is 47.3 Å². The van der Waals surface area contributed by atoms with Crippen molar-refractivity contribution in [2.24, 2.45) is 5.41 Å². The number of nitrogens with zero attached hydrogens (tertiary/aromatic N) is 4. The number of nitrogen functional groups attached to an aromatic ring is 1. The van der Waals surface area contributed by atoms with Gasteiger partial charge < -0.3 is 24.5 Å². The van der Waals surface area contributed by atoms with Crippen LogP contribution in [0.25, 0.3) is 11.2 Å². The van der Waals surface area contributed by atoms with Crippen molar-refractivity contribution in [1.82, 2.24) is 19.5 Å². The molecule has 0 saturated heterocycles. The lowest BCUT2D eigenvalue weighted by Gasteiger charge is -2.22. The largest absolute Gasteiger partial charge is 0.438 e. The molecule has 2 rings (SSSR count). The van der Waals surface area contributed by atoms with Gasteiger partial charge in [0.25, 0.3) is 0 Å². The fourth-order valence-electron chi connectivity index (χ4n) is 2.35. The summed E-state index contributed by atoms with van der Waals surface area (Å²) in [5, 5.41) is 0. The van der Waals surface area contributed by atoms with E-state index in [-0.39, 0.29) is 17.9 Å². The molecule has 0 fully saturated rings. The Bertz CT molecular complexity index is 1080. The number of imidazole rings is 1. The van der Waals surface area contributed by atoms with Crippen LogP contribution in [0.1, 0.15) is 34.6 Å². The number of aromatic nitrogens is 4. The Kier molecular flexibility index (Phi) is 9.28. The Morgan fingerprint density at radius 2 is 1.82 bits per heavy atom. The molecule has 34 heavy (non-hydrogen) atoms. The van der Waals surface area contributed by atoms with E-state index < -0.39 is 51.0 Å². The number of nitrogens with two attached hydrogens (primary N) is 1. The summed E-state index contributed by atoms with van der Waals surface area (Å²) in [6, 6.07) is 0. The predicted molar refractivity (Wildman–Crippen MR) is 121 cm³/mol. The molecule has 2 N–H and O–H groups in total. The van der Waals surface area contributed by atoms with Crippen molar-refractivity contribution in [2.75, 3.05) is 25.7 Å². The van der Waals surface area contributed by atoms with Crippen LogP contribution in [0.3, 0.4) is 0 Å². The number of hydrogen-bond donors (Lipinski definition) is 1. The minimum Gasteiger partial charge on any atom is -0.438 e.